The third-order valence-electron chi connectivity index (χ3n) is 1.52. The number of nitrogens with zero attached hydrogens (tertiary/aromatic N) is 5. The van der Waals surface area contributed by atoms with Gasteiger partial charge in [-0.2, -0.15) is 10.1 Å². The molecule has 0 aliphatic carbocycles. The summed E-state index contributed by atoms with van der Waals surface area (Å²) in [5.74, 6) is 0.636. The number of tetrazole rings is 1. The SMILES string of the molecule is CC(C)(C)n1nnc(CCC#N)n1. The van der Waals surface area contributed by atoms with Gasteiger partial charge in [0.15, 0.2) is 5.82 Å². The van der Waals surface area contributed by atoms with Crippen molar-refractivity contribution in [2.75, 3.05) is 0 Å². The molecule has 0 radical (unpaired) electrons. The summed E-state index contributed by atoms with van der Waals surface area (Å²) in [5, 5.41) is 20.3. The highest BCUT2D eigenvalue weighted by atomic mass is 15.6. The summed E-state index contributed by atoms with van der Waals surface area (Å²) in [6.07, 6.45) is 1.02. The molecule has 1 rings (SSSR count). The molecular weight excluding hydrogens is 166 g/mol. The quantitative estimate of drug-likeness (QED) is 0.676. The molecule has 5 nitrogen and oxygen atoms in total. The molecule has 1 heterocycles. The molecule has 0 aliphatic heterocycles. The maximum Gasteiger partial charge on any atom is 0.175 e. The van der Waals surface area contributed by atoms with Crippen LogP contribution in [0.2, 0.25) is 0 Å². The molecule has 0 saturated heterocycles. The van der Waals surface area contributed by atoms with Gasteiger partial charge in [0.05, 0.1) is 11.6 Å². The van der Waals surface area contributed by atoms with Crippen molar-refractivity contribution in [3.63, 3.8) is 0 Å². The van der Waals surface area contributed by atoms with Gasteiger partial charge in [-0.3, -0.25) is 0 Å². The fraction of sp³-hybridized carbons (Fsp3) is 0.750. The van der Waals surface area contributed by atoms with Crippen molar-refractivity contribution in [3.8, 4) is 6.07 Å². The number of aromatic nitrogens is 4. The number of rotatable bonds is 2. The Labute approximate surface area is 77.4 Å². The Bertz CT molecular complexity index is 314. The highest BCUT2D eigenvalue weighted by molar-refractivity contribution is 4.84. The molecule has 0 saturated carbocycles. The Hall–Kier alpha value is -1.44. The van der Waals surface area contributed by atoms with Gasteiger partial charge in [0.25, 0.3) is 0 Å². The van der Waals surface area contributed by atoms with E-state index in [0.717, 1.165) is 0 Å². The predicted molar refractivity (Wildman–Crippen MR) is 46.7 cm³/mol. The van der Waals surface area contributed by atoms with Crippen molar-refractivity contribution in [1.82, 2.24) is 20.2 Å². The van der Waals surface area contributed by atoms with Crippen LogP contribution >= 0.6 is 0 Å². The van der Waals surface area contributed by atoms with E-state index in [9.17, 15) is 0 Å². The molecule has 0 aromatic carbocycles. The van der Waals surface area contributed by atoms with E-state index < -0.39 is 0 Å². The maximum atomic E-state index is 8.36. The van der Waals surface area contributed by atoms with E-state index in [1.54, 1.807) is 4.80 Å². The van der Waals surface area contributed by atoms with Gasteiger partial charge in [-0.05, 0) is 26.0 Å². The van der Waals surface area contributed by atoms with Crippen molar-refractivity contribution in [2.45, 2.75) is 39.2 Å². The third-order valence-corrected chi connectivity index (χ3v) is 1.52. The molecule has 0 atom stereocenters. The lowest BCUT2D eigenvalue weighted by Crippen LogP contribution is -2.24. The highest BCUT2D eigenvalue weighted by Crippen LogP contribution is 2.09. The standard InChI is InChI=1S/C8H13N5/c1-8(2,3)13-11-7(10-12-13)5-4-6-9/h4-5H2,1-3H3. The molecule has 70 valence electrons. The summed E-state index contributed by atoms with van der Waals surface area (Å²) in [4.78, 5) is 1.57. The Morgan fingerprint density at radius 1 is 1.46 bits per heavy atom. The topological polar surface area (TPSA) is 67.4 Å². The summed E-state index contributed by atoms with van der Waals surface area (Å²) in [7, 11) is 0. The minimum Gasteiger partial charge on any atom is -0.198 e. The maximum absolute atomic E-state index is 8.36. The summed E-state index contributed by atoms with van der Waals surface area (Å²) in [5.41, 5.74) is -0.141. The van der Waals surface area contributed by atoms with Gasteiger partial charge in [0.2, 0.25) is 0 Å². The van der Waals surface area contributed by atoms with Crippen LogP contribution in [0.25, 0.3) is 0 Å². The van der Waals surface area contributed by atoms with Crippen LogP contribution < -0.4 is 0 Å². The first-order valence-electron chi connectivity index (χ1n) is 4.20. The highest BCUT2D eigenvalue weighted by Gasteiger charge is 2.16. The van der Waals surface area contributed by atoms with Crippen molar-refractivity contribution in [3.05, 3.63) is 5.82 Å². The van der Waals surface area contributed by atoms with Gasteiger partial charge in [0, 0.05) is 12.8 Å². The monoisotopic (exact) mass is 179 g/mol. The molecule has 0 bridgehead atoms. The van der Waals surface area contributed by atoms with Crippen molar-refractivity contribution in [2.24, 2.45) is 0 Å². The Balaban J connectivity index is 2.71. The molecule has 1 aromatic rings. The molecule has 1 aromatic heterocycles. The first-order valence-corrected chi connectivity index (χ1v) is 4.20. The zero-order valence-corrected chi connectivity index (χ0v) is 8.15. The molecule has 0 amide bonds. The van der Waals surface area contributed by atoms with Gasteiger partial charge in [-0.25, -0.2) is 0 Å². The van der Waals surface area contributed by atoms with Crippen LogP contribution in [0.15, 0.2) is 0 Å². The second-order valence-corrected chi connectivity index (χ2v) is 3.82. The Morgan fingerprint density at radius 2 is 2.15 bits per heavy atom. The first-order chi connectivity index (χ1) is 6.04. The van der Waals surface area contributed by atoms with Crippen LogP contribution in [-0.4, -0.2) is 20.2 Å². The minimum atomic E-state index is -0.141. The molecule has 0 unspecified atom stereocenters. The third kappa shape index (κ3) is 2.51. The van der Waals surface area contributed by atoms with Crippen LogP contribution in [0.1, 0.15) is 33.0 Å². The number of aryl methyl sites for hydroxylation is 1. The minimum absolute atomic E-state index is 0.141. The van der Waals surface area contributed by atoms with Crippen molar-refractivity contribution >= 4 is 0 Å². The fourth-order valence-electron chi connectivity index (χ4n) is 0.795. The van der Waals surface area contributed by atoms with E-state index in [4.69, 9.17) is 5.26 Å². The zero-order chi connectivity index (χ0) is 9.90. The van der Waals surface area contributed by atoms with E-state index in [2.05, 4.69) is 15.4 Å². The van der Waals surface area contributed by atoms with Crippen LogP contribution in [0.4, 0.5) is 0 Å². The molecule has 0 N–H and O–H groups in total. The van der Waals surface area contributed by atoms with E-state index >= 15 is 0 Å². The van der Waals surface area contributed by atoms with Crippen LogP contribution in [0, 0.1) is 11.3 Å². The normalized spacial score (nSPS) is 11.2. The number of hydrogen-bond donors (Lipinski definition) is 0. The number of hydrogen-bond acceptors (Lipinski definition) is 4. The van der Waals surface area contributed by atoms with E-state index in [1.807, 2.05) is 26.8 Å². The second kappa shape index (κ2) is 3.52. The summed E-state index contributed by atoms with van der Waals surface area (Å²) >= 11 is 0. The molecule has 0 fully saturated rings. The Morgan fingerprint density at radius 3 is 2.62 bits per heavy atom. The lowest BCUT2D eigenvalue weighted by atomic mass is 10.1. The fourth-order valence-corrected chi connectivity index (χ4v) is 0.795. The van der Waals surface area contributed by atoms with Gasteiger partial charge in [0.1, 0.15) is 0 Å². The lowest BCUT2D eigenvalue weighted by molar-refractivity contribution is 0.305. The predicted octanol–water partition coefficient (Wildman–Crippen LogP) is 0.884. The number of nitriles is 1. The van der Waals surface area contributed by atoms with Crippen molar-refractivity contribution < 1.29 is 0 Å². The van der Waals surface area contributed by atoms with Crippen LogP contribution in [0.5, 0.6) is 0 Å². The van der Waals surface area contributed by atoms with Crippen LogP contribution in [-0.2, 0) is 12.0 Å². The second-order valence-electron chi connectivity index (χ2n) is 3.82. The zero-order valence-electron chi connectivity index (χ0n) is 8.15. The van der Waals surface area contributed by atoms with E-state index in [1.165, 1.54) is 0 Å². The van der Waals surface area contributed by atoms with Gasteiger partial charge >= 0.3 is 0 Å². The smallest absolute Gasteiger partial charge is 0.175 e. The van der Waals surface area contributed by atoms with Crippen molar-refractivity contribution in [1.29, 1.82) is 5.26 Å². The van der Waals surface area contributed by atoms with Gasteiger partial charge in [-0.1, -0.05) is 0 Å². The molecular formula is C8H13N5. The van der Waals surface area contributed by atoms with E-state index in [-0.39, 0.29) is 5.54 Å². The largest absolute Gasteiger partial charge is 0.198 e. The Kier molecular flexibility index (Phi) is 2.61. The lowest BCUT2D eigenvalue weighted by Gasteiger charge is -2.15. The van der Waals surface area contributed by atoms with Gasteiger partial charge in [-0.15, -0.1) is 10.2 Å². The summed E-state index contributed by atoms with van der Waals surface area (Å²) < 4.78 is 0. The summed E-state index contributed by atoms with van der Waals surface area (Å²) in [6.45, 7) is 6.01. The van der Waals surface area contributed by atoms with E-state index in [0.29, 0.717) is 18.7 Å². The molecule has 5 heteroatoms. The van der Waals surface area contributed by atoms with Gasteiger partial charge < -0.3 is 0 Å². The molecule has 0 aliphatic rings. The molecule has 13 heavy (non-hydrogen) atoms. The average Bonchev–Trinajstić information content (AvgIpc) is 2.47. The first kappa shape index (κ1) is 9.65. The average molecular weight is 179 g/mol. The van der Waals surface area contributed by atoms with Crippen LogP contribution in [0.3, 0.4) is 0 Å². The molecule has 0 spiro atoms. The summed E-state index contributed by atoms with van der Waals surface area (Å²) in [6, 6.07) is 2.05.